The summed E-state index contributed by atoms with van der Waals surface area (Å²) in [5.41, 5.74) is 7.32. The average Bonchev–Trinajstić information content (AvgIpc) is 3.33. The second-order valence-corrected chi connectivity index (χ2v) is 7.15. The van der Waals surface area contributed by atoms with Crippen LogP contribution in [0.2, 0.25) is 0 Å². The maximum Gasteiger partial charge on any atom is 0.231 e. The fraction of sp³-hybridized carbons (Fsp3) is 0.348. The van der Waals surface area contributed by atoms with Gasteiger partial charge in [-0.15, -0.1) is 0 Å². The normalized spacial score (nSPS) is 12.0. The molecular weight excluding hydrogens is 424 g/mol. The number of hydrogen-bond acceptors (Lipinski definition) is 10. The lowest BCUT2D eigenvalue weighted by atomic mass is 10.2. The average molecular weight is 453 g/mol. The Balaban J connectivity index is 1.38. The summed E-state index contributed by atoms with van der Waals surface area (Å²) in [5, 5.41) is 6.48. The first-order valence-electron chi connectivity index (χ1n) is 10.8. The Kier molecular flexibility index (Phi) is 8.23. The van der Waals surface area contributed by atoms with E-state index in [0.717, 1.165) is 22.6 Å². The summed E-state index contributed by atoms with van der Waals surface area (Å²) in [6.45, 7) is 3.91. The zero-order valence-electron chi connectivity index (χ0n) is 18.3. The predicted octanol–water partition coefficient (Wildman–Crippen LogP) is 2.28. The Morgan fingerprint density at radius 3 is 2.39 bits per heavy atom. The Morgan fingerprint density at radius 2 is 1.58 bits per heavy atom. The quantitative estimate of drug-likeness (QED) is 0.333. The van der Waals surface area contributed by atoms with Crippen molar-refractivity contribution in [2.75, 3.05) is 56.9 Å². The number of nitrogens with two attached hydrogens (primary N) is 1. The lowest BCUT2D eigenvalue weighted by Gasteiger charge is -2.11. The zero-order chi connectivity index (χ0) is 22.7. The highest BCUT2D eigenvalue weighted by Crippen LogP contribution is 2.32. The van der Waals surface area contributed by atoms with Gasteiger partial charge in [-0.2, -0.15) is 15.0 Å². The highest BCUT2D eigenvalue weighted by molar-refractivity contribution is 5.58. The van der Waals surface area contributed by atoms with Crippen LogP contribution in [0.25, 0.3) is 11.4 Å². The van der Waals surface area contributed by atoms with Crippen LogP contribution in [-0.4, -0.2) is 61.3 Å². The molecule has 10 heteroatoms. The van der Waals surface area contributed by atoms with Gasteiger partial charge in [0.05, 0.1) is 26.4 Å². The van der Waals surface area contributed by atoms with E-state index < -0.39 is 0 Å². The van der Waals surface area contributed by atoms with Gasteiger partial charge in [0.2, 0.25) is 18.7 Å². The lowest BCUT2D eigenvalue weighted by molar-refractivity contribution is 0.0547. The van der Waals surface area contributed by atoms with Crippen LogP contribution in [0, 0.1) is 0 Å². The Morgan fingerprint density at radius 1 is 0.818 bits per heavy atom. The van der Waals surface area contributed by atoms with Gasteiger partial charge in [0.25, 0.3) is 0 Å². The van der Waals surface area contributed by atoms with Gasteiger partial charge in [-0.1, -0.05) is 36.4 Å². The van der Waals surface area contributed by atoms with Gasteiger partial charge in [-0.05, 0) is 17.7 Å². The first-order chi connectivity index (χ1) is 16.3. The predicted molar refractivity (Wildman–Crippen MR) is 124 cm³/mol. The number of hydrogen-bond donors (Lipinski definition) is 3. The summed E-state index contributed by atoms with van der Waals surface area (Å²) in [4.78, 5) is 13.7. The van der Waals surface area contributed by atoms with E-state index in [1.165, 1.54) is 0 Å². The van der Waals surface area contributed by atoms with Crippen molar-refractivity contribution < 1.29 is 18.9 Å². The molecule has 0 fully saturated rings. The molecule has 0 bridgehead atoms. The summed E-state index contributed by atoms with van der Waals surface area (Å²) < 4.78 is 21.7. The topological polar surface area (TPSA) is 126 Å². The van der Waals surface area contributed by atoms with E-state index in [1.807, 2.05) is 48.5 Å². The van der Waals surface area contributed by atoms with Gasteiger partial charge in [0.15, 0.2) is 17.3 Å². The molecule has 0 amide bonds. The van der Waals surface area contributed by atoms with E-state index in [-0.39, 0.29) is 6.79 Å². The molecule has 0 unspecified atom stereocenters. The van der Waals surface area contributed by atoms with Gasteiger partial charge in [-0.25, -0.2) is 0 Å². The molecule has 0 radical (unpaired) electrons. The first-order valence-corrected chi connectivity index (χ1v) is 10.8. The molecule has 4 rings (SSSR count). The molecule has 0 spiro atoms. The molecule has 0 saturated heterocycles. The maximum atomic E-state index is 5.55. The summed E-state index contributed by atoms with van der Waals surface area (Å²) in [6.07, 6.45) is 0. The summed E-state index contributed by atoms with van der Waals surface area (Å²) >= 11 is 0. The molecule has 4 N–H and O–H groups in total. The number of nitrogens with one attached hydrogen (secondary N) is 2. The first kappa shape index (κ1) is 22.7. The van der Waals surface area contributed by atoms with Gasteiger partial charge < -0.3 is 35.3 Å². The molecule has 0 aliphatic carbocycles. The van der Waals surface area contributed by atoms with Crippen molar-refractivity contribution in [2.24, 2.45) is 5.73 Å². The lowest BCUT2D eigenvalue weighted by Crippen LogP contribution is -2.16. The van der Waals surface area contributed by atoms with E-state index in [9.17, 15) is 0 Å². The largest absolute Gasteiger partial charge is 0.454 e. The number of rotatable bonds is 13. The third kappa shape index (κ3) is 6.75. The van der Waals surface area contributed by atoms with E-state index in [2.05, 4.69) is 25.6 Å². The molecule has 1 aliphatic heterocycles. The van der Waals surface area contributed by atoms with Crippen LogP contribution in [0.4, 0.5) is 11.9 Å². The summed E-state index contributed by atoms with van der Waals surface area (Å²) in [7, 11) is 0. The fourth-order valence-electron chi connectivity index (χ4n) is 3.12. The standard InChI is InChI=1S/C23H28N6O4/c24-8-10-30-12-13-31-11-9-25-22-27-21(18-4-2-1-3-5-18)28-23(29-22)26-15-17-6-7-19-20(14-17)33-16-32-19/h1-7,14H,8-13,15-16,24H2,(H2,25,26,27,28,29). The van der Waals surface area contributed by atoms with Crippen molar-refractivity contribution >= 4 is 11.9 Å². The van der Waals surface area contributed by atoms with Gasteiger partial charge >= 0.3 is 0 Å². The van der Waals surface area contributed by atoms with Crippen molar-refractivity contribution in [3.63, 3.8) is 0 Å². The number of benzene rings is 2. The molecule has 3 aromatic rings. The molecule has 2 aromatic carbocycles. The van der Waals surface area contributed by atoms with E-state index in [1.54, 1.807) is 0 Å². The fourth-order valence-corrected chi connectivity index (χ4v) is 3.12. The molecule has 0 atom stereocenters. The molecule has 1 aromatic heterocycles. The Bertz CT molecular complexity index is 1020. The molecule has 1 aliphatic rings. The monoisotopic (exact) mass is 452 g/mol. The maximum absolute atomic E-state index is 5.55. The smallest absolute Gasteiger partial charge is 0.231 e. The number of fused-ring (bicyclic) bond motifs is 1. The van der Waals surface area contributed by atoms with E-state index in [0.29, 0.717) is 63.8 Å². The molecule has 0 saturated carbocycles. The van der Waals surface area contributed by atoms with Crippen LogP contribution in [0.3, 0.4) is 0 Å². The number of nitrogens with zero attached hydrogens (tertiary/aromatic N) is 3. The highest BCUT2D eigenvalue weighted by Gasteiger charge is 2.14. The van der Waals surface area contributed by atoms with E-state index in [4.69, 9.17) is 24.7 Å². The van der Waals surface area contributed by atoms with Crippen LogP contribution in [-0.2, 0) is 16.0 Å². The number of anilines is 2. The van der Waals surface area contributed by atoms with Crippen molar-refractivity contribution in [1.29, 1.82) is 0 Å². The van der Waals surface area contributed by atoms with Gasteiger partial charge in [-0.3, -0.25) is 0 Å². The van der Waals surface area contributed by atoms with Crippen molar-refractivity contribution in [3.05, 3.63) is 54.1 Å². The minimum absolute atomic E-state index is 0.250. The zero-order valence-corrected chi connectivity index (χ0v) is 18.3. The number of aromatic nitrogens is 3. The minimum atomic E-state index is 0.250. The van der Waals surface area contributed by atoms with Crippen LogP contribution < -0.4 is 25.8 Å². The second-order valence-electron chi connectivity index (χ2n) is 7.15. The van der Waals surface area contributed by atoms with Crippen molar-refractivity contribution in [2.45, 2.75) is 6.54 Å². The summed E-state index contributed by atoms with van der Waals surface area (Å²) in [6, 6.07) is 15.6. The summed E-state index contributed by atoms with van der Waals surface area (Å²) in [5.74, 6) is 3.02. The molecule has 33 heavy (non-hydrogen) atoms. The molecule has 2 heterocycles. The van der Waals surface area contributed by atoms with Crippen molar-refractivity contribution in [1.82, 2.24) is 15.0 Å². The Labute approximate surface area is 192 Å². The SMILES string of the molecule is NCCOCCOCCNc1nc(NCc2ccc3c(c2)OCO3)nc(-c2ccccc2)n1. The third-order valence-corrected chi connectivity index (χ3v) is 4.72. The van der Waals surface area contributed by atoms with E-state index >= 15 is 0 Å². The Hall–Kier alpha value is -3.47. The van der Waals surface area contributed by atoms with Crippen molar-refractivity contribution in [3.8, 4) is 22.9 Å². The van der Waals surface area contributed by atoms with Gasteiger partial charge in [0.1, 0.15) is 0 Å². The van der Waals surface area contributed by atoms with Crippen LogP contribution >= 0.6 is 0 Å². The van der Waals surface area contributed by atoms with Crippen LogP contribution in [0.5, 0.6) is 11.5 Å². The third-order valence-electron chi connectivity index (χ3n) is 4.72. The minimum Gasteiger partial charge on any atom is -0.454 e. The van der Waals surface area contributed by atoms with Crippen LogP contribution in [0.1, 0.15) is 5.56 Å². The second kappa shape index (κ2) is 12.0. The highest BCUT2D eigenvalue weighted by atomic mass is 16.7. The van der Waals surface area contributed by atoms with Crippen LogP contribution in [0.15, 0.2) is 48.5 Å². The number of ether oxygens (including phenoxy) is 4. The molecule has 10 nitrogen and oxygen atoms in total. The van der Waals surface area contributed by atoms with Gasteiger partial charge in [0, 0.05) is 25.2 Å². The molecule has 174 valence electrons. The molecular formula is C23H28N6O4.